The molecule has 1 N–H and O–H groups in total. The summed E-state index contributed by atoms with van der Waals surface area (Å²) in [5.41, 5.74) is 0.675. The molecule has 4 rings (SSSR count). The van der Waals surface area contributed by atoms with Crippen LogP contribution in [0.25, 0.3) is 0 Å². The Hall–Kier alpha value is -2.39. The zero-order valence-electron chi connectivity index (χ0n) is 13.1. The number of rotatable bonds is 4. The van der Waals surface area contributed by atoms with Gasteiger partial charge in [-0.2, -0.15) is 0 Å². The molecule has 0 aliphatic carbocycles. The Kier molecular flexibility index (Phi) is 3.77. The number of anilines is 2. The third kappa shape index (κ3) is 2.69. The van der Waals surface area contributed by atoms with E-state index in [4.69, 9.17) is 0 Å². The number of carbonyl (C=O) groups is 2. The predicted octanol–water partition coefficient (Wildman–Crippen LogP) is 2.48. The van der Waals surface area contributed by atoms with E-state index in [-0.39, 0.29) is 22.2 Å². The normalized spacial score (nSPS) is 20.2. The number of hydrogen-bond donors (Lipinski definition) is 1. The third-order valence-electron chi connectivity index (χ3n) is 4.31. The molecule has 1 aromatic carbocycles. The number of hydrogen-bond acceptors (Lipinski definition) is 5. The number of sulfonamides is 1. The first-order valence-electron chi connectivity index (χ1n) is 7.78. The maximum atomic E-state index is 12.5. The van der Waals surface area contributed by atoms with Crippen LogP contribution in [-0.2, 0) is 14.8 Å². The Balaban J connectivity index is 1.62. The van der Waals surface area contributed by atoms with Gasteiger partial charge in [-0.25, -0.2) is 18.1 Å². The molecule has 9 heteroatoms. The SMILES string of the molecule is O=C1[C@H]2CCCN2C(=O)N1c1cccc(NS(=O)(=O)c2cccs2)c1. The van der Waals surface area contributed by atoms with E-state index in [2.05, 4.69) is 4.72 Å². The van der Waals surface area contributed by atoms with Crippen molar-refractivity contribution in [1.29, 1.82) is 0 Å². The van der Waals surface area contributed by atoms with Crippen molar-refractivity contribution in [3.05, 3.63) is 41.8 Å². The zero-order valence-corrected chi connectivity index (χ0v) is 14.7. The van der Waals surface area contributed by atoms with Gasteiger partial charge in [0.2, 0.25) is 0 Å². The second kappa shape index (κ2) is 5.85. The van der Waals surface area contributed by atoms with Crippen LogP contribution in [0, 0.1) is 0 Å². The second-order valence-corrected chi connectivity index (χ2v) is 8.75. The molecular formula is C16H15N3O4S2. The summed E-state index contributed by atoms with van der Waals surface area (Å²) in [7, 11) is -3.68. The summed E-state index contributed by atoms with van der Waals surface area (Å²) in [4.78, 5) is 27.7. The van der Waals surface area contributed by atoms with Gasteiger partial charge in [-0.15, -0.1) is 11.3 Å². The first-order valence-corrected chi connectivity index (χ1v) is 10.1. The van der Waals surface area contributed by atoms with Crippen LogP contribution in [0.2, 0.25) is 0 Å². The van der Waals surface area contributed by atoms with Gasteiger partial charge >= 0.3 is 6.03 Å². The maximum absolute atomic E-state index is 12.5. The van der Waals surface area contributed by atoms with Gasteiger partial charge in [0, 0.05) is 6.54 Å². The fourth-order valence-electron chi connectivity index (χ4n) is 3.19. The predicted molar refractivity (Wildman–Crippen MR) is 94.2 cm³/mol. The molecule has 1 atom stereocenters. The fraction of sp³-hybridized carbons (Fsp3) is 0.250. The molecule has 2 aliphatic heterocycles. The highest BCUT2D eigenvalue weighted by molar-refractivity contribution is 7.94. The van der Waals surface area contributed by atoms with Crippen molar-refractivity contribution in [3.63, 3.8) is 0 Å². The van der Waals surface area contributed by atoms with Crippen LogP contribution in [0.15, 0.2) is 46.0 Å². The summed E-state index contributed by atoms with van der Waals surface area (Å²) in [5.74, 6) is -0.249. The molecule has 3 amide bonds. The lowest BCUT2D eigenvalue weighted by atomic mass is 10.2. The molecule has 2 aromatic rings. The van der Waals surface area contributed by atoms with Gasteiger partial charge in [0.25, 0.3) is 15.9 Å². The number of benzene rings is 1. The van der Waals surface area contributed by atoms with Crippen molar-refractivity contribution in [2.45, 2.75) is 23.1 Å². The fourth-order valence-corrected chi connectivity index (χ4v) is 5.23. The largest absolute Gasteiger partial charge is 0.332 e. The van der Waals surface area contributed by atoms with E-state index in [1.54, 1.807) is 34.5 Å². The van der Waals surface area contributed by atoms with Crippen molar-refractivity contribution < 1.29 is 18.0 Å². The number of urea groups is 1. The highest BCUT2D eigenvalue weighted by Gasteiger charge is 2.48. The minimum atomic E-state index is -3.68. The van der Waals surface area contributed by atoms with Gasteiger partial charge in [0.15, 0.2) is 0 Å². The number of amides is 3. The quantitative estimate of drug-likeness (QED) is 0.830. The van der Waals surface area contributed by atoms with E-state index in [1.807, 2.05) is 0 Å². The highest BCUT2D eigenvalue weighted by atomic mass is 32.2. The summed E-state index contributed by atoms with van der Waals surface area (Å²) >= 11 is 1.11. The highest BCUT2D eigenvalue weighted by Crippen LogP contribution is 2.32. The van der Waals surface area contributed by atoms with Crippen molar-refractivity contribution in [2.24, 2.45) is 0 Å². The lowest BCUT2D eigenvalue weighted by molar-refractivity contribution is -0.119. The van der Waals surface area contributed by atoms with Gasteiger partial charge in [0.1, 0.15) is 10.3 Å². The van der Waals surface area contributed by atoms with E-state index >= 15 is 0 Å². The molecule has 2 aliphatic rings. The Morgan fingerprint density at radius 2 is 2.00 bits per heavy atom. The van der Waals surface area contributed by atoms with Gasteiger partial charge in [-0.3, -0.25) is 9.52 Å². The van der Waals surface area contributed by atoms with Crippen LogP contribution >= 0.6 is 11.3 Å². The number of imide groups is 1. The lowest BCUT2D eigenvalue weighted by Crippen LogP contribution is -2.33. The summed E-state index contributed by atoms with van der Waals surface area (Å²) in [6.45, 7) is 0.580. The molecule has 130 valence electrons. The van der Waals surface area contributed by atoms with E-state index in [0.717, 1.165) is 22.7 Å². The molecule has 3 heterocycles. The Morgan fingerprint density at radius 3 is 2.72 bits per heavy atom. The molecule has 0 bridgehead atoms. The number of nitrogens with zero attached hydrogens (tertiary/aromatic N) is 2. The molecule has 7 nitrogen and oxygen atoms in total. The molecule has 0 radical (unpaired) electrons. The monoisotopic (exact) mass is 377 g/mol. The van der Waals surface area contributed by atoms with Crippen molar-refractivity contribution >= 4 is 44.7 Å². The van der Waals surface area contributed by atoms with Crippen molar-refractivity contribution in [3.8, 4) is 0 Å². The molecule has 0 saturated carbocycles. The van der Waals surface area contributed by atoms with Gasteiger partial charge < -0.3 is 4.90 Å². The van der Waals surface area contributed by atoms with Crippen LogP contribution in [0.3, 0.4) is 0 Å². The van der Waals surface area contributed by atoms with Gasteiger partial charge in [-0.1, -0.05) is 12.1 Å². The first kappa shape index (κ1) is 16.1. The van der Waals surface area contributed by atoms with Crippen molar-refractivity contribution in [2.75, 3.05) is 16.2 Å². The third-order valence-corrected chi connectivity index (χ3v) is 7.09. The van der Waals surface area contributed by atoms with Crippen LogP contribution < -0.4 is 9.62 Å². The summed E-state index contributed by atoms with van der Waals surface area (Å²) in [5, 5.41) is 1.68. The Labute approximate surface area is 148 Å². The number of nitrogens with one attached hydrogen (secondary N) is 1. The minimum Gasteiger partial charge on any atom is -0.312 e. The Morgan fingerprint density at radius 1 is 1.16 bits per heavy atom. The lowest BCUT2D eigenvalue weighted by Gasteiger charge is -2.16. The smallest absolute Gasteiger partial charge is 0.312 e. The topological polar surface area (TPSA) is 86.8 Å². The number of thiophene rings is 1. The summed E-state index contributed by atoms with van der Waals surface area (Å²) < 4.78 is 27.3. The Bertz CT molecular complexity index is 918. The summed E-state index contributed by atoms with van der Waals surface area (Å²) in [6.07, 6.45) is 1.50. The second-order valence-electron chi connectivity index (χ2n) is 5.90. The average Bonchev–Trinajstić information content (AvgIpc) is 3.29. The van der Waals surface area contributed by atoms with Crippen molar-refractivity contribution in [1.82, 2.24) is 4.90 Å². The molecule has 0 spiro atoms. The standard InChI is InChI=1S/C16H15N3O4S2/c20-15-13-6-2-8-18(13)16(21)19(15)12-5-1-4-11(10-12)17-25(22,23)14-7-3-9-24-14/h1,3-5,7,9-10,13,17H,2,6,8H2/t13-/m1/s1. The van der Waals surface area contributed by atoms with E-state index in [1.165, 1.54) is 12.1 Å². The van der Waals surface area contributed by atoms with Crippen LogP contribution in [0.4, 0.5) is 16.2 Å². The van der Waals surface area contributed by atoms with Crippen LogP contribution in [0.5, 0.6) is 0 Å². The minimum absolute atomic E-state index is 0.201. The molecule has 2 saturated heterocycles. The molecule has 25 heavy (non-hydrogen) atoms. The average molecular weight is 377 g/mol. The van der Waals surface area contributed by atoms with Crippen LogP contribution in [0.1, 0.15) is 12.8 Å². The molecule has 2 fully saturated rings. The maximum Gasteiger partial charge on any atom is 0.332 e. The van der Waals surface area contributed by atoms with Gasteiger partial charge in [0.05, 0.1) is 11.4 Å². The first-order chi connectivity index (χ1) is 12.0. The van der Waals surface area contributed by atoms with E-state index in [9.17, 15) is 18.0 Å². The molecule has 1 aromatic heterocycles. The molecular weight excluding hydrogens is 362 g/mol. The zero-order chi connectivity index (χ0) is 17.6. The van der Waals surface area contributed by atoms with E-state index < -0.39 is 10.0 Å². The number of fused-ring (bicyclic) bond motifs is 1. The van der Waals surface area contributed by atoms with Crippen LogP contribution in [-0.4, -0.2) is 37.8 Å². The van der Waals surface area contributed by atoms with Gasteiger partial charge in [-0.05, 0) is 42.5 Å². The van der Waals surface area contributed by atoms with E-state index in [0.29, 0.717) is 24.3 Å². The molecule has 0 unspecified atom stereocenters. The number of carbonyl (C=O) groups excluding carboxylic acids is 2. The summed E-state index contributed by atoms with van der Waals surface area (Å²) in [6, 6.07) is 8.77.